The fourth-order valence-corrected chi connectivity index (χ4v) is 1.39. The molecule has 2 fully saturated rings. The highest BCUT2D eigenvalue weighted by molar-refractivity contribution is 5.88. The summed E-state index contributed by atoms with van der Waals surface area (Å²) in [4.78, 5) is 27.1. The second kappa shape index (κ2) is 4.59. The fourth-order valence-electron chi connectivity index (χ4n) is 1.39. The summed E-state index contributed by atoms with van der Waals surface area (Å²) < 4.78 is 0. The lowest BCUT2D eigenvalue weighted by atomic mass is 10.3. The summed E-state index contributed by atoms with van der Waals surface area (Å²) in [6.07, 6.45) is 2.82. The molecule has 2 rings (SSSR count). The first-order valence-electron chi connectivity index (χ1n) is 5.20. The topological polar surface area (TPSA) is 79.5 Å². The third-order valence-electron chi connectivity index (χ3n) is 2.44. The molecule has 6 nitrogen and oxygen atoms in total. The predicted octanol–water partition coefficient (Wildman–Crippen LogP) is -1.33. The SMILES string of the molecule is O=C(CCNC1CC1)N[C@@H]1CONC1=O. The van der Waals surface area contributed by atoms with Gasteiger partial charge >= 0.3 is 0 Å². The summed E-state index contributed by atoms with van der Waals surface area (Å²) in [5.74, 6) is -0.396. The molecule has 0 aromatic heterocycles. The van der Waals surface area contributed by atoms with Gasteiger partial charge in [0.15, 0.2) is 0 Å². The van der Waals surface area contributed by atoms with Crippen LogP contribution in [0.5, 0.6) is 0 Å². The molecule has 2 amide bonds. The average Bonchev–Trinajstić information content (AvgIpc) is 2.93. The maximum absolute atomic E-state index is 11.4. The number of carbonyl (C=O) groups is 2. The maximum Gasteiger partial charge on any atom is 0.268 e. The highest BCUT2D eigenvalue weighted by atomic mass is 16.7. The molecule has 84 valence electrons. The van der Waals surface area contributed by atoms with Gasteiger partial charge in [0.1, 0.15) is 12.6 Å². The van der Waals surface area contributed by atoms with Crippen molar-refractivity contribution in [2.24, 2.45) is 0 Å². The van der Waals surface area contributed by atoms with E-state index in [4.69, 9.17) is 4.84 Å². The molecule has 0 aromatic rings. The van der Waals surface area contributed by atoms with Crippen LogP contribution in [0.2, 0.25) is 0 Å². The summed E-state index contributed by atoms with van der Waals surface area (Å²) in [6.45, 7) is 0.881. The number of rotatable bonds is 5. The third kappa shape index (κ3) is 3.17. The van der Waals surface area contributed by atoms with Crippen molar-refractivity contribution in [1.82, 2.24) is 16.1 Å². The first-order valence-corrected chi connectivity index (χ1v) is 5.20. The van der Waals surface area contributed by atoms with Gasteiger partial charge in [-0.1, -0.05) is 0 Å². The van der Waals surface area contributed by atoms with E-state index in [0.29, 0.717) is 19.0 Å². The zero-order valence-corrected chi connectivity index (χ0v) is 8.41. The molecular weight excluding hydrogens is 198 g/mol. The minimum atomic E-state index is -0.529. The maximum atomic E-state index is 11.4. The highest BCUT2D eigenvalue weighted by Gasteiger charge is 2.27. The van der Waals surface area contributed by atoms with Gasteiger partial charge in [0.05, 0.1) is 0 Å². The third-order valence-corrected chi connectivity index (χ3v) is 2.44. The van der Waals surface area contributed by atoms with Crippen molar-refractivity contribution in [3.63, 3.8) is 0 Å². The van der Waals surface area contributed by atoms with Gasteiger partial charge < -0.3 is 10.6 Å². The summed E-state index contributed by atoms with van der Waals surface area (Å²) in [5, 5.41) is 5.84. The van der Waals surface area contributed by atoms with E-state index in [1.807, 2.05) is 0 Å². The van der Waals surface area contributed by atoms with Crippen LogP contribution in [0.3, 0.4) is 0 Å². The van der Waals surface area contributed by atoms with E-state index in [2.05, 4.69) is 16.1 Å². The zero-order chi connectivity index (χ0) is 10.7. The predicted molar refractivity (Wildman–Crippen MR) is 51.7 cm³/mol. The molecule has 0 bridgehead atoms. The normalized spacial score (nSPS) is 25.1. The number of nitrogens with one attached hydrogen (secondary N) is 3. The Labute approximate surface area is 87.7 Å². The standard InChI is InChI=1S/C9H15N3O3/c13-8(3-4-10-6-1-2-6)11-7-5-15-12-9(7)14/h6-7,10H,1-5H2,(H,11,13)(H,12,14)/t7-/m1/s1. The Morgan fingerprint density at radius 2 is 2.33 bits per heavy atom. The number of amides is 2. The summed E-state index contributed by atoms with van der Waals surface area (Å²) >= 11 is 0. The number of carbonyl (C=O) groups excluding carboxylic acids is 2. The van der Waals surface area contributed by atoms with Gasteiger partial charge in [-0.3, -0.25) is 14.4 Å². The Balaban J connectivity index is 1.60. The molecule has 3 N–H and O–H groups in total. The van der Waals surface area contributed by atoms with Gasteiger partial charge in [-0.05, 0) is 12.8 Å². The highest BCUT2D eigenvalue weighted by Crippen LogP contribution is 2.18. The molecule has 1 heterocycles. The summed E-state index contributed by atoms with van der Waals surface area (Å²) in [7, 11) is 0. The van der Waals surface area contributed by atoms with Crippen LogP contribution in [-0.2, 0) is 14.4 Å². The Hall–Kier alpha value is -1.14. The van der Waals surface area contributed by atoms with Gasteiger partial charge in [-0.25, -0.2) is 5.48 Å². The van der Waals surface area contributed by atoms with E-state index in [-0.39, 0.29) is 18.4 Å². The number of hydroxylamine groups is 1. The van der Waals surface area contributed by atoms with Crippen molar-refractivity contribution < 1.29 is 14.4 Å². The van der Waals surface area contributed by atoms with Crippen molar-refractivity contribution >= 4 is 11.8 Å². The quantitative estimate of drug-likeness (QED) is 0.529. The molecule has 2 aliphatic rings. The molecule has 1 atom stereocenters. The molecule has 0 unspecified atom stereocenters. The molecule has 0 aromatic carbocycles. The van der Waals surface area contributed by atoms with E-state index < -0.39 is 6.04 Å². The number of hydrogen-bond acceptors (Lipinski definition) is 4. The van der Waals surface area contributed by atoms with E-state index >= 15 is 0 Å². The van der Waals surface area contributed by atoms with E-state index in [1.54, 1.807) is 0 Å². The van der Waals surface area contributed by atoms with Crippen LogP contribution in [0.4, 0.5) is 0 Å². The Kier molecular flexibility index (Phi) is 3.17. The second-order valence-electron chi connectivity index (χ2n) is 3.88. The van der Waals surface area contributed by atoms with Crippen LogP contribution < -0.4 is 16.1 Å². The minimum absolute atomic E-state index is 0.117. The van der Waals surface area contributed by atoms with Gasteiger partial charge in [-0.15, -0.1) is 0 Å². The van der Waals surface area contributed by atoms with Gasteiger partial charge in [0.25, 0.3) is 5.91 Å². The van der Waals surface area contributed by atoms with E-state index in [1.165, 1.54) is 12.8 Å². The van der Waals surface area contributed by atoms with Crippen molar-refractivity contribution in [3.05, 3.63) is 0 Å². The molecule has 1 aliphatic carbocycles. The number of hydrogen-bond donors (Lipinski definition) is 3. The summed E-state index contributed by atoms with van der Waals surface area (Å²) in [5.41, 5.74) is 2.19. The van der Waals surface area contributed by atoms with Crippen LogP contribution in [0.25, 0.3) is 0 Å². The molecular formula is C9H15N3O3. The van der Waals surface area contributed by atoms with Crippen LogP contribution in [0.1, 0.15) is 19.3 Å². The van der Waals surface area contributed by atoms with Crippen molar-refractivity contribution in [2.75, 3.05) is 13.2 Å². The molecule has 15 heavy (non-hydrogen) atoms. The van der Waals surface area contributed by atoms with Crippen LogP contribution in [0, 0.1) is 0 Å². The Morgan fingerprint density at radius 1 is 1.53 bits per heavy atom. The molecule has 1 saturated carbocycles. The van der Waals surface area contributed by atoms with E-state index in [0.717, 1.165) is 0 Å². The lowest BCUT2D eigenvalue weighted by molar-refractivity contribution is -0.128. The second-order valence-corrected chi connectivity index (χ2v) is 3.88. The Morgan fingerprint density at radius 3 is 2.93 bits per heavy atom. The first-order chi connectivity index (χ1) is 7.25. The molecule has 1 saturated heterocycles. The molecule has 6 heteroatoms. The van der Waals surface area contributed by atoms with Gasteiger partial charge in [0, 0.05) is 19.0 Å². The Bertz CT molecular complexity index is 265. The fraction of sp³-hybridized carbons (Fsp3) is 0.778. The average molecular weight is 213 g/mol. The largest absolute Gasteiger partial charge is 0.342 e. The first kappa shape index (κ1) is 10.4. The van der Waals surface area contributed by atoms with Gasteiger partial charge in [-0.2, -0.15) is 0 Å². The van der Waals surface area contributed by atoms with E-state index in [9.17, 15) is 9.59 Å². The minimum Gasteiger partial charge on any atom is -0.342 e. The van der Waals surface area contributed by atoms with Crippen LogP contribution in [0.15, 0.2) is 0 Å². The van der Waals surface area contributed by atoms with Gasteiger partial charge in [0.2, 0.25) is 5.91 Å². The molecule has 0 spiro atoms. The van der Waals surface area contributed by atoms with Crippen molar-refractivity contribution in [3.8, 4) is 0 Å². The molecule has 1 aliphatic heterocycles. The summed E-state index contributed by atoms with van der Waals surface area (Å²) in [6, 6.07) is 0.0781. The smallest absolute Gasteiger partial charge is 0.268 e. The molecule has 0 radical (unpaired) electrons. The monoisotopic (exact) mass is 213 g/mol. The van der Waals surface area contributed by atoms with Crippen molar-refractivity contribution in [1.29, 1.82) is 0 Å². The van der Waals surface area contributed by atoms with Crippen LogP contribution in [-0.4, -0.2) is 37.0 Å². The van der Waals surface area contributed by atoms with Crippen molar-refractivity contribution in [2.45, 2.75) is 31.3 Å². The lowest BCUT2D eigenvalue weighted by Crippen LogP contribution is -2.42. The van der Waals surface area contributed by atoms with Crippen LogP contribution >= 0.6 is 0 Å². The lowest BCUT2D eigenvalue weighted by Gasteiger charge is -2.08. The zero-order valence-electron chi connectivity index (χ0n) is 8.41.